The summed E-state index contributed by atoms with van der Waals surface area (Å²) in [5.41, 5.74) is 19.2. The molecule has 44 nitrogen and oxygen atoms in total. The zero-order valence-corrected chi connectivity index (χ0v) is 67.1. The van der Waals surface area contributed by atoms with Gasteiger partial charge in [-0.15, -0.1) is 0 Å². The van der Waals surface area contributed by atoms with Crippen molar-refractivity contribution in [3.8, 4) is 16.9 Å². The van der Waals surface area contributed by atoms with E-state index in [4.69, 9.17) is 26.7 Å². The van der Waals surface area contributed by atoms with Crippen molar-refractivity contribution in [2.24, 2.45) is 17.4 Å². The number of fused-ring (bicyclic) bond motifs is 1. The molecule has 0 aliphatic carbocycles. The number of hydrogen-bond acceptors (Lipinski definition) is 25. The first-order chi connectivity index (χ1) is 58.3. The number of esters is 1. The van der Waals surface area contributed by atoms with E-state index in [1.54, 1.807) is 54.7 Å². The molecule has 662 valence electrons. The maximum Gasteiger partial charge on any atom is 0.337 e. The monoisotopic (exact) mass is 1720 g/mol. The van der Waals surface area contributed by atoms with Gasteiger partial charge in [0.05, 0.1) is 58.4 Å². The Balaban J connectivity index is 1.39. The van der Waals surface area contributed by atoms with E-state index < -0.39 is 261 Å². The molecule has 0 bridgehead atoms. The molecule has 2 heterocycles. The Labute approximate surface area is 700 Å². The van der Waals surface area contributed by atoms with Crippen LogP contribution >= 0.6 is 0 Å². The SMILES string of the molecule is CCCCCOc1ccc(-c2ccc(C(=O)NC(Cc3c[nH]c4ccccc34)C(=O)N[C@H](CC(N)=O)C(=O)N[C@@H](CC(=O)O)C(=O)N[C@@H]3C(=O)NCC(=O)N[C@@H](CCCN)C(=O)N[C@@H](CC(=O)O)C(=O)N[C@H](C)C(=O)N[C@@H](CC(=O)O)C(=O)NCC(=O)N[C@H](CO)C(=O)N[C@@H]([C@H](C)CC(=O)O)C(=O)N[C@@H](C(=O)c4ccccc4N)C(=O)O[C@@H]3C)cc2)cc1. The Bertz CT molecular complexity index is 4730. The fourth-order valence-electron chi connectivity index (χ4n) is 12.4. The number of carbonyl (C=O) groups excluding carboxylic acids is 16. The summed E-state index contributed by atoms with van der Waals surface area (Å²) in [5, 5.41) is 78.5. The van der Waals surface area contributed by atoms with Gasteiger partial charge >= 0.3 is 29.8 Å². The number of primary amides is 1. The second kappa shape index (κ2) is 47.4. The van der Waals surface area contributed by atoms with Crippen LogP contribution in [0.2, 0.25) is 0 Å². The number of ketones is 1. The molecule has 5 aromatic rings. The molecular weight excluding hydrogens is 1620 g/mol. The summed E-state index contributed by atoms with van der Waals surface area (Å²) in [4.78, 5) is 279. The van der Waals surface area contributed by atoms with Crippen LogP contribution in [0.1, 0.15) is 118 Å². The number of rotatable bonds is 33. The Morgan fingerprint density at radius 3 is 1.71 bits per heavy atom. The predicted molar refractivity (Wildman–Crippen MR) is 429 cm³/mol. The number of aliphatic carboxylic acids is 4. The third-order valence-electron chi connectivity index (χ3n) is 18.9. The molecule has 1 aliphatic heterocycles. The third kappa shape index (κ3) is 30.4. The van der Waals surface area contributed by atoms with E-state index in [0.29, 0.717) is 34.4 Å². The zero-order chi connectivity index (χ0) is 90.9. The maximum absolute atomic E-state index is 14.9. The number of ether oxygens (including phenoxy) is 2. The fourth-order valence-corrected chi connectivity index (χ4v) is 12.4. The summed E-state index contributed by atoms with van der Waals surface area (Å²) in [6.45, 7) is 1.49. The third-order valence-corrected chi connectivity index (χ3v) is 18.9. The van der Waals surface area contributed by atoms with Crippen LogP contribution in [0.15, 0.2) is 103 Å². The summed E-state index contributed by atoms with van der Waals surface area (Å²) < 4.78 is 11.5. The number of nitrogen functional groups attached to an aromatic ring is 1. The molecular formula is C79H99N17O27. The molecule has 1 aliphatic rings. The number of nitrogens with one attached hydrogen (secondary N) is 14. The van der Waals surface area contributed by atoms with Crippen LogP contribution in [0.25, 0.3) is 22.0 Å². The van der Waals surface area contributed by atoms with Crippen LogP contribution in [0.5, 0.6) is 5.75 Å². The number of aliphatic hydroxyl groups is 1. The minimum atomic E-state index is -2.73. The first-order valence-electron chi connectivity index (χ1n) is 38.6. The normalized spacial score (nSPS) is 20.5. The zero-order valence-electron chi connectivity index (χ0n) is 67.1. The maximum atomic E-state index is 14.9. The van der Waals surface area contributed by atoms with Gasteiger partial charge in [0, 0.05) is 40.3 Å². The van der Waals surface area contributed by atoms with Crippen LogP contribution in [-0.4, -0.2) is 254 Å². The van der Waals surface area contributed by atoms with Gasteiger partial charge in [0.15, 0.2) is 11.8 Å². The van der Waals surface area contributed by atoms with Crippen molar-refractivity contribution in [3.05, 3.63) is 120 Å². The number of carboxylic acids is 4. The van der Waals surface area contributed by atoms with E-state index in [2.05, 4.69) is 59.8 Å². The van der Waals surface area contributed by atoms with Crippen molar-refractivity contribution < 1.29 is 131 Å². The molecule has 25 N–H and O–H groups in total. The molecule has 44 heteroatoms. The number of hydrogen-bond donors (Lipinski definition) is 22. The molecule has 0 spiro atoms. The van der Waals surface area contributed by atoms with Crippen molar-refractivity contribution in [2.45, 2.75) is 171 Å². The smallest absolute Gasteiger partial charge is 0.337 e. The Kier molecular flexibility index (Phi) is 37.5. The Hall–Kier alpha value is -14.5. The highest BCUT2D eigenvalue weighted by atomic mass is 16.5. The first kappa shape index (κ1) is 97.4. The minimum Gasteiger partial charge on any atom is -0.494 e. The molecule has 14 amide bonds. The lowest BCUT2D eigenvalue weighted by Gasteiger charge is -2.30. The van der Waals surface area contributed by atoms with Gasteiger partial charge < -0.3 is 126 Å². The van der Waals surface area contributed by atoms with E-state index in [-0.39, 0.29) is 30.6 Å². The molecule has 123 heavy (non-hydrogen) atoms. The van der Waals surface area contributed by atoms with E-state index in [1.807, 2.05) is 33.4 Å². The quantitative estimate of drug-likeness (QED) is 0.00618. The van der Waals surface area contributed by atoms with Crippen LogP contribution in [0.4, 0.5) is 5.69 Å². The largest absolute Gasteiger partial charge is 0.494 e. The number of H-pyrrole nitrogens is 1. The number of anilines is 1. The molecule has 1 aromatic heterocycles. The number of unbranched alkanes of at least 4 members (excludes halogenated alkanes) is 2. The van der Waals surface area contributed by atoms with Gasteiger partial charge in [-0.3, -0.25) is 91.1 Å². The number of amides is 14. The highest BCUT2D eigenvalue weighted by molar-refractivity contribution is 6.16. The lowest BCUT2D eigenvalue weighted by atomic mass is 9.95. The number of carboxylic acid groups (broad SMARTS) is 4. The molecule has 13 atom stereocenters. The van der Waals surface area contributed by atoms with E-state index in [0.717, 1.165) is 57.7 Å². The van der Waals surface area contributed by atoms with Gasteiger partial charge in [-0.2, -0.15) is 0 Å². The van der Waals surface area contributed by atoms with Crippen LogP contribution in [0, 0.1) is 5.92 Å². The average Bonchev–Trinajstić information content (AvgIpc) is 1.29. The standard InChI is InChI=1S/C79H99N17O27/c1-5-6-11-27-122-45-24-22-42(23-25-45)41-18-20-43(21-19-41)69(111)90-51(29-44-34-83-49-16-10-8-13-46(44)49)73(115)91-52(30-57(82)98)74(116)93-55(33-63(107)108)75(117)95-65-40(4)123-79(121)66(67(109)47-14-7-9-15-48(47)81)96-78(120)64(38(2)28-60(101)102)94-76(118)56(37-97)88-59(100)35-84-70(112)53(31-61(103)104)89-68(110)39(3)86-72(114)54(32-62(105)106)92-71(113)50(17-12-26-80)87-58(99)36-85-77(65)119/h7-10,13-16,18-25,34,38-40,50-56,64-66,83,97H,5-6,11-12,17,26-33,35-37,80-81H2,1-4H3,(H2,82,98)(H,84,112)(H,85,119)(H,86,114)(H,87,99)(H,88,100)(H,89,110)(H,90,111)(H,91,115)(H,92,113)(H,93,116)(H,94,118)(H,95,117)(H,96,120)(H,101,102)(H,103,104)(H,105,106)(H,107,108)/t38-,39-,40-,50+,51?,52-,53+,54+,55+,56-,64+,65+,66+/m1/s1. The number of nitrogens with two attached hydrogens (primary N) is 3. The molecule has 1 saturated heterocycles. The van der Waals surface area contributed by atoms with Crippen molar-refractivity contribution in [2.75, 3.05) is 38.6 Å². The molecule has 6 rings (SSSR count). The lowest BCUT2D eigenvalue weighted by molar-refractivity contribution is -0.155. The number of para-hydroxylation sites is 2. The van der Waals surface area contributed by atoms with Gasteiger partial charge in [-0.1, -0.05) is 81.3 Å². The minimum absolute atomic E-state index is 0.0529. The summed E-state index contributed by atoms with van der Waals surface area (Å²) in [6.07, 6.45) is -4.63. The second-order valence-corrected chi connectivity index (χ2v) is 28.6. The molecule has 0 saturated carbocycles. The van der Waals surface area contributed by atoms with E-state index in [9.17, 15) is 121 Å². The van der Waals surface area contributed by atoms with Crippen LogP contribution in [0.3, 0.4) is 0 Å². The second-order valence-electron chi connectivity index (χ2n) is 28.6. The van der Waals surface area contributed by atoms with E-state index >= 15 is 0 Å². The lowest BCUT2D eigenvalue weighted by Crippen LogP contribution is -2.62. The van der Waals surface area contributed by atoms with Gasteiger partial charge in [0.1, 0.15) is 72.3 Å². The summed E-state index contributed by atoms with van der Waals surface area (Å²) in [7, 11) is 0. The van der Waals surface area contributed by atoms with Gasteiger partial charge in [0.2, 0.25) is 76.8 Å². The van der Waals surface area contributed by atoms with Gasteiger partial charge in [-0.25, -0.2) is 4.79 Å². The van der Waals surface area contributed by atoms with Crippen molar-refractivity contribution in [1.29, 1.82) is 0 Å². The topological polar surface area (TPSA) is 711 Å². The van der Waals surface area contributed by atoms with Gasteiger partial charge in [0.25, 0.3) is 5.91 Å². The van der Waals surface area contributed by atoms with Crippen LogP contribution in [-0.2, 0) is 97.5 Å². The van der Waals surface area contributed by atoms with Crippen molar-refractivity contribution >= 4 is 135 Å². The molecule has 0 radical (unpaired) electrons. The van der Waals surface area contributed by atoms with Crippen LogP contribution < -0.4 is 91.1 Å². The number of aliphatic hydroxyl groups excluding tert-OH is 1. The molecule has 1 unspecified atom stereocenters. The summed E-state index contributed by atoms with van der Waals surface area (Å²) in [6, 6.07) is 1.56. The fraction of sp³-hybridized carbons (Fsp3) is 0.418. The van der Waals surface area contributed by atoms with Crippen molar-refractivity contribution in [3.63, 3.8) is 0 Å². The van der Waals surface area contributed by atoms with Gasteiger partial charge in [-0.05, 0) is 105 Å². The first-order valence-corrected chi connectivity index (χ1v) is 38.6. The summed E-state index contributed by atoms with van der Waals surface area (Å²) in [5.74, 6) is -30.5. The number of aromatic nitrogens is 1. The predicted octanol–water partition coefficient (Wildman–Crippen LogP) is -4.60. The number of benzene rings is 4. The Morgan fingerprint density at radius 2 is 1.11 bits per heavy atom. The Morgan fingerprint density at radius 1 is 0.561 bits per heavy atom. The average molecular weight is 1720 g/mol. The molecule has 1 fully saturated rings. The highest BCUT2D eigenvalue weighted by Crippen LogP contribution is 2.25. The number of Topliss-reactive ketones (excluding diaryl/α,β-unsaturated/α-hetero) is 1. The number of carbonyl (C=O) groups is 20. The van der Waals surface area contributed by atoms with E-state index in [1.165, 1.54) is 24.3 Å². The summed E-state index contributed by atoms with van der Waals surface area (Å²) >= 11 is 0. The number of aromatic amines is 1. The van der Waals surface area contributed by atoms with Crippen molar-refractivity contribution in [1.82, 2.24) is 74.1 Å². The number of cyclic esters (lactones) is 1. The molecule has 4 aromatic carbocycles. The highest BCUT2D eigenvalue weighted by Gasteiger charge is 2.43.